The second-order valence-corrected chi connectivity index (χ2v) is 8.17. The molecule has 2 heterocycles. The molecule has 0 fully saturated rings. The molecule has 1 aliphatic rings. The number of thioether (sulfide) groups is 1. The van der Waals surface area contributed by atoms with Crippen LogP contribution in [0.4, 0.5) is 0 Å². The van der Waals surface area contributed by atoms with Crippen molar-refractivity contribution in [3.63, 3.8) is 0 Å². The maximum Gasteiger partial charge on any atom is 0.327 e. The van der Waals surface area contributed by atoms with Crippen molar-refractivity contribution in [2.24, 2.45) is 7.05 Å². The number of ketones is 1. The van der Waals surface area contributed by atoms with Crippen molar-refractivity contribution in [2.45, 2.75) is 49.9 Å². The average Bonchev–Trinajstić information content (AvgIpc) is 2.94. The van der Waals surface area contributed by atoms with E-state index in [1.807, 2.05) is 0 Å². The lowest BCUT2D eigenvalue weighted by Crippen LogP contribution is -2.29. The Kier molecular flexibility index (Phi) is 5.29. The summed E-state index contributed by atoms with van der Waals surface area (Å²) in [5.74, 6) is -0.914. The molecule has 134 valence electrons. The highest BCUT2D eigenvalue weighted by Gasteiger charge is 2.29. The third-order valence-corrected chi connectivity index (χ3v) is 6.77. The predicted octanol–water partition coefficient (Wildman–Crippen LogP) is 2.49. The van der Waals surface area contributed by atoms with Crippen molar-refractivity contribution in [3.05, 3.63) is 20.8 Å². The van der Waals surface area contributed by atoms with E-state index in [9.17, 15) is 14.4 Å². The Hall–Kier alpha value is -1.67. The van der Waals surface area contributed by atoms with Crippen LogP contribution in [-0.4, -0.2) is 33.2 Å². The van der Waals surface area contributed by atoms with Crippen molar-refractivity contribution in [1.29, 1.82) is 0 Å². The topological polar surface area (TPSA) is 78.3 Å². The van der Waals surface area contributed by atoms with Crippen LogP contribution >= 0.6 is 23.1 Å². The zero-order valence-electron chi connectivity index (χ0n) is 14.5. The maximum atomic E-state index is 12.8. The number of Topliss-reactive ketones (excluding diaryl/α,β-unsaturated/α-hetero) is 1. The van der Waals surface area contributed by atoms with Gasteiger partial charge in [-0.15, -0.1) is 11.3 Å². The Labute approximate surface area is 153 Å². The first-order valence-electron chi connectivity index (χ1n) is 8.29. The summed E-state index contributed by atoms with van der Waals surface area (Å²) < 4.78 is 6.40. The number of fused-ring (bicyclic) bond motifs is 3. The minimum Gasteiger partial charge on any atom is -0.465 e. The van der Waals surface area contributed by atoms with Gasteiger partial charge in [0.2, 0.25) is 0 Å². The molecule has 0 aromatic carbocycles. The Balaban J connectivity index is 2.05. The van der Waals surface area contributed by atoms with Crippen molar-refractivity contribution in [1.82, 2.24) is 9.55 Å². The number of ether oxygens (including phenoxy) is 1. The first kappa shape index (κ1) is 18.1. The van der Waals surface area contributed by atoms with Crippen LogP contribution in [0.3, 0.4) is 0 Å². The molecule has 0 N–H and O–H groups in total. The number of nitrogens with zero attached hydrogens (tertiary/aromatic N) is 2. The summed E-state index contributed by atoms with van der Waals surface area (Å²) in [6.07, 6.45) is 4.13. The number of esters is 1. The van der Waals surface area contributed by atoms with Gasteiger partial charge in [-0.1, -0.05) is 11.8 Å². The van der Waals surface area contributed by atoms with Gasteiger partial charge in [-0.05, 0) is 45.1 Å². The molecule has 0 spiro atoms. The Morgan fingerprint density at radius 1 is 1.36 bits per heavy atom. The van der Waals surface area contributed by atoms with Crippen molar-refractivity contribution < 1.29 is 14.3 Å². The predicted molar refractivity (Wildman–Crippen MR) is 98.5 cm³/mol. The summed E-state index contributed by atoms with van der Waals surface area (Å²) in [7, 11) is 1.63. The number of hydrogen-bond acceptors (Lipinski definition) is 7. The molecular formula is C17H20N2O4S2. The van der Waals surface area contributed by atoms with Crippen LogP contribution in [0.15, 0.2) is 9.95 Å². The van der Waals surface area contributed by atoms with Crippen molar-refractivity contribution >= 4 is 45.1 Å². The van der Waals surface area contributed by atoms with E-state index < -0.39 is 11.2 Å². The molecule has 3 rings (SSSR count). The average molecular weight is 380 g/mol. The number of rotatable bonds is 5. The number of carbonyl (C=O) groups excluding carboxylic acids is 2. The van der Waals surface area contributed by atoms with Gasteiger partial charge in [-0.3, -0.25) is 19.0 Å². The van der Waals surface area contributed by atoms with E-state index in [0.717, 1.165) is 43.0 Å². The first-order valence-corrected chi connectivity index (χ1v) is 9.98. The van der Waals surface area contributed by atoms with E-state index >= 15 is 0 Å². The molecule has 0 saturated heterocycles. The smallest absolute Gasteiger partial charge is 0.327 e. The fourth-order valence-corrected chi connectivity index (χ4v) is 5.23. The summed E-state index contributed by atoms with van der Waals surface area (Å²) in [5, 5.41) is 0.0523. The fraction of sp³-hybridized carbons (Fsp3) is 0.529. The highest BCUT2D eigenvalue weighted by atomic mass is 32.2. The van der Waals surface area contributed by atoms with Crippen LogP contribution < -0.4 is 5.56 Å². The van der Waals surface area contributed by atoms with Crippen LogP contribution in [0, 0.1) is 0 Å². The van der Waals surface area contributed by atoms with E-state index in [2.05, 4.69) is 4.98 Å². The van der Waals surface area contributed by atoms with E-state index in [-0.39, 0.29) is 17.9 Å². The van der Waals surface area contributed by atoms with Crippen LogP contribution in [0.2, 0.25) is 0 Å². The van der Waals surface area contributed by atoms with Gasteiger partial charge in [0.15, 0.2) is 16.2 Å². The third kappa shape index (κ3) is 3.37. The van der Waals surface area contributed by atoms with E-state index in [1.165, 1.54) is 16.4 Å². The van der Waals surface area contributed by atoms with Gasteiger partial charge in [0.05, 0.1) is 12.0 Å². The minimum atomic E-state index is -1.01. The number of aryl methyl sites for hydroxylation is 2. The summed E-state index contributed by atoms with van der Waals surface area (Å²) in [6, 6.07) is 0. The minimum absolute atomic E-state index is 0.113. The van der Waals surface area contributed by atoms with Gasteiger partial charge in [-0.25, -0.2) is 4.98 Å². The quantitative estimate of drug-likeness (QED) is 0.343. The molecule has 8 heteroatoms. The van der Waals surface area contributed by atoms with Crippen LogP contribution in [-0.2, 0) is 34.2 Å². The summed E-state index contributed by atoms with van der Waals surface area (Å²) in [6.45, 7) is 3.23. The summed E-state index contributed by atoms with van der Waals surface area (Å²) >= 11 is 2.53. The van der Waals surface area contributed by atoms with E-state index in [1.54, 1.807) is 25.3 Å². The highest BCUT2D eigenvalue weighted by Crippen LogP contribution is 2.35. The molecule has 25 heavy (non-hydrogen) atoms. The zero-order chi connectivity index (χ0) is 18.1. The van der Waals surface area contributed by atoms with Gasteiger partial charge in [0, 0.05) is 11.9 Å². The fourth-order valence-electron chi connectivity index (χ4n) is 2.99. The molecule has 0 aliphatic heterocycles. The van der Waals surface area contributed by atoms with Crippen LogP contribution in [0.25, 0.3) is 10.2 Å². The lowest BCUT2D eigenvalue weighted by molar-refractivity contribution is -0.144. The normalized spacial score (nSPS) is 15.0. The second kappa shape index (κ2) is 7.29. The maximum absolute atomic E-state index is 12.8. The standard InChI is InChI=1S/C17H20N2O4S2/c1-4-23-16(22)13(9(2)20)25-17-18-14-12(15(21)19(17)3)10-7-5-6-8-11(10)24-14/h13H,4-8H2,1-3H3/t13-/m1/s1. The number of thiophene rings is 1. The molecule has 0 unspecified atom stereocenters. The lowest BCUT2D eigenvalue weighted by Gasteiger charge is -2.14. The number of hydrogen-bond donors (Lipinski definition) is 0. The first-order chi connectivity index (χ1) is 11.9. The van der Waals surface area contributed by atoms with Crippen LogP contribution in [0.1, 0.15) is 37.1 Å². The zero-order valence-corrected chi connectivity index (χ0v) is 16.1. The van der Waals surface area contributed by atoms with Crippen LogP contribution in [0.5, 0.6) is 0 Å². The monoisotopic (exact) mass is 380 g/mol. The molecule has 0 radical (unpaired) electrons. The molecule has 1 atom stereocenters. The molecule has 6 nitrogen and oxygen atoms in total. The van der Waals surface area contributed by atoms with Gasteiger partial charge in [-0.2, -0.15) is 0 Å². The molecule has 0 saturated carbocycles. The van der Waals surface area contributed by atoms with Crippen molar-refractivity contribution in [3.8, 4) is 0 Å². The molecule has 0 bridgehead atoms. The molecule has 1 aliphatic carbocycles. The van der Waals surface area contributed by atoms with Crippen molar-refractivity contribution in [2.75, 3.05) is 6.61 Å². The summed E-state index contributed by atoms with van der Waals surface area (Å²) in [4.78, 5) is 43.3. The summed E-state index contributed by atoms with van der Waals surface area (Å²) in [5.41, 5.74) is 1.02. The van der Waals surface area contributed by atoms with Gasteiger partial charge >= 0.3 is 5.97 Å². The Bertz CT molecular complexity index is 900. The second-order valence-electron chi connectivity index (χ2n) is 6.01. The van der Waals surface area contributed by atoms with Gasteiger partial charge < -0.3 is 4.74 Å². The largest absolute Gasteiger partial charge is 0.465 e. The molecule has 2 aromatic rings. The number of aromatic nitrogens is 2. The van der Waals surface area contributed by atoms with E-state index in [4.69, 9.17) is 4.74 Å². The third-order valence-electron chi connectivity index (χ3n) is 4.25. The van der Waals surface area contributed by atoms with E-state index in [0.29, 0.717) is 15.4 Å². The molecule has 0 amide bonds. The molecular weight excluding hydrogens is 360 g/mol. The SMILES string of the molecule is CCOC(=O)[C@H](Sc1nc2sc3c(c2c(=O)n1C)CCCC3)C(C)=O. The molecule has 2 aromatic heterocycles. The number of carbonyl (C=O) groups is 2. The Morgan fingerprint density at radius 3 is 2.76 bits per heavy atom. The van der Waals surface area contributed by atoms with Gasteiger partial charge in [0.1, 0.15) is 4.83 Å². The van der Waals surface area contributed by atoms with Gasteiger partial charge in [0.25, 0.3) is 5.56 Å². The highest BCUT2D eigenvalue weighted by molar-refractivity contribution is 8.01. The Morgan fingerprint density at radius 2 is 2.08 bits per heavy atom. The lowest BCUT2D eigenvalue weighted by atomic mass is 9.97.